The molecule has 10 heteroatoms. The molecule has 0 heterocycles. The molecular formula is C39H81N2O7P. The molecule has 0 saturated heterocycles. The van der Waals surface area contributed by atoms with Gasteiger partial charge in [0.05, 0.1) is 39.9 Å². The van der Waals surface area contributed by atoms with Gasteiger partial charge < -0.3 is 34.0 Å². The van der Waals surface area contributed by atoms with Gasteiger partial charge in [0.15, 0.2) is 0 Å². The van der Waals surface area contributed by atoms with E-state index in [1.165, 1.54) is 109 Å². The lowest BCUT2D eigenvalue weighted by Crippen LogP contribution is -2.51. The summed E-state index contributed by atoms with van der Waals surface area (Å²) in [6, 6.07) is -1.07. The highest BCUT2D eigenvalue weighted by molar-refractivity contribution is 7.45. The number of hydrogen-bond acceptors (Lipinski definition) is 7. The molecule has 0 aromatic rings. The van der Waals surface area contributed by atoms with Gasteiger partial charge in [-0.3, -0.25) is 9.36 Å². The number of rotatable bonds is 36. The maximum atomic E-state index is 12.8. The highest BCUT2D eigenvalue weighted by atomic mass is 31.2. The summed E-state index contributed by atoms with van der Waals surface area (Å²) in [7, 11) is 1.13. The van der Waals surface area contributed by atoms with E-state index in [2.05, 4.69) is 26.1 Å². The summed E-state index contributed by atoms with van der Waals surface area (Å²) in [5.74, 6) is 0.491. The molecule has 0 aliphatic rings. The van der Waals surface area contributed by atoms with Crippen molar-refractivity contribution >= 4 is 13.7 Å². The fraction of sp³-hybridized carbons (Fsp3) is 0.974. The second kappa shape index (κ2) is 31.0. The van der Waals surface area contributed by atoms with Crippen LogP contribution in [0.25, 0.3) is 0 Å². The van der Waals surface area contributed by atoms with E-state index >= 15 is 0 Å². The van der Waals surface area contributed by atoms with Gasteiger partial charge in [0.25, 0.3) is 7.82 Å². The number of carbonyl (C=O) groups excluding carboxylic acids is 1. The zero-order valence-electron chi connectivity index (χ0n) is 32.9. The Bertz CT molecular complexity index is 809. The fourth-order valence-electron chi connectivity index (χ4n) is 6.03. The number of nitrogens with one attached hydrogen (secondary N) is 1. The van der Waals surface area contributed by atoms with Crippen LogP contribution in [0.1, 0.15) is 181 Å². The first-order chi connectivity index (χ1) is 23.3. The van der Waals surface area contributed by atoms with E-state index in [1.54, 1.807) is 0 Å². The maximum absolute atomic E-state index is 12.8. The molecule has 0 saturated carbocycles. The van der Waals surface area contributed by atoms with Crippen molar-refractivity contribution < 1.29 is 38.0 Å². The highest BCUT2D eigenvalue weighted by Crippen LogP contribution is 2.38. The minimum atomic E-state index is -4.65. The van der Waals surface area contributed by atoms with Gasteiger partial charge in [0.2, 0.25) is 5.91 Å². The molecule has 0 rings (SSSR count). The molecule has 0 spiro atoms. The summed E-state index contributed by atoms with van der Waals surface area (Å²) in [5, 5.41) is 24.5. The second-order valence-corrected chi connectivity index (χ2v) is 17.4. The summed E-state index contributed by atoms with van der Waals surface area (Å²) in [6.07, 6.45) is 25.7. The minimum Gasteiger partial charge on any atom is -0.756 e. The first-order valence-electron chi connectivity index (χ1n) is 20.3. The van der Waals surface area contributed by atoms with Crippen molar-refractivity contribution in [3.63, 3.8) is 0 Å². The van der Waals surface area contributed by atoms with E-state index in [0.29, 0.717) is 17.4 Å². The number of likely N-dealkylation sites (N-methyl/N-ethyl adjacent to an activating group) is 1. The zero-order valence-corrected chi connectivity index (χ0v) is 33.8. The molecule has 1 unspecified atom stereocenters. The van der Waals surface area contributed by atoms with Gasteiger partial charge >= 0.3 is 0 Å². The summed E-state index contributed by atoms with van der Waals surface area (Å²) in [4.78, 5) is 25.2. The molecule has 0 aliphatic heterocycles. The van der Waals surface area contributed by atoms with Crippen LogP contribution in [0.3, 0.4) is 0 Å². The summed E-state index contributed by atoms with van der Waals surface area (Å²) >= 11 is 0. The first kappa shape index (κ1) is 48.5. The molecule has 0 aromatic carbocycles. The maximum Gasteiger partial charge on any atom is 0.268 e. The predicted octanol–water partition coefficient (Wildman–Crippen LogP) is 8.83. The number of carbonyl (C=O) groups is 1. The molecule has 0 bridgehead atoms. The number of aliphatic hydroxyl groups excluding tert-OH is 2. The summed E-state index contributed by atoms with van der Waals surface area (Å²) in [5.41, 5.74) is 0. The smallest absolute Gasteiger partial charge is 0.268 e. The molecule has 0 aromatic heterocycles. The number of amides is 1. The van der Waals surface area contributed by atoms with Crippen molar-refractivity contribution in [1.29, 1.82) is 0 Å². The van der Waals surface area contributed by atoms with Crippen molar-refractivity contribution in [2.75, 3.05) is 40.9 Å². The van der Waals surface area contributed by atoms with E-state index < -0.39 is 32.7 Å². The van der Waals surface area contributed by atoms with Gasteiger partial charge in [-0.2, -0.15) is 0 Å². The van der Waals surface area contributed by atoms with Gasteiger partial charge in [0, 0.05) is 6.42 Å². The molecule has 0 fully saturated rings. The number of aliphatic hydroxyl groups is 2. The van der Waals surface area contributed by atoms with Crippen LogP contribution in [0.15, 0.2) is 0 Å². The molecule has 294 valence electrons. The largest absolute Gasteiger partial charge is 0.756 e. The Morgan fingerprint density at radius 3 is 1.57 bits per heavy atom. The number of phosphoric acid groups is 1. The van der Waals surface area contributed by atoms with Crippen LogP contribution >= 0.6 is 7.82 Å². The quantitative estimate of drug-likeness (QED) is 0.0335. The third-order valence-corrected chi connectivity index (χ3v) is 10.3. The lowest BCUT2D eigenvalue weighted by molar-refractivity contribution is -0.870. The Kier molecular flexibility index (Phi) is 30.7. The molecule has 0 aliphatic carbocycles. The number of unbranched alkanes of at least 4 members (excludes halogenated alkanes) is 20. The molecule has 1 amide bonds. The van der Waals surface area contributed by atoms with Gasteiger partial charge in [0.1, 0.15) is 19.3 Å². The van der Waals surface area contributed by atoms with Gasteiger partial charge in [-0.1, -0.05) is 162 Å². The average molecular weight is 721 g/mol. The van der Waals surface area contributed by atoms with Crippen LogP contribution in [0, 0.1) is 5.92 Å². The normalized spacial score (nSPS) is 15.3. The molecule has 3 N–H and O–H groups in total. The van der Waals surface area contributed by atoms with Gasteiger partial charge in [-0.05, 0) is 18.8 Å². The van der Waals surface area contributed by atoms with Crippen LogP contribution in [0.5, 0.6) is 0 Å². The standard InChI is InChI=1S/C39H81N2O7P/c1-7-8-9-10-11-12-13-14-15-16-17-22-25-28-31-38(43)40-36(34-48-49(45,46)47-33-32-41(4,5)6)39(44)37(42)30-27-24-21-19-18-20-23-26-29-35(2)3/h35-37,39,42,44H,7-34H2,1-6H3,(H-,40,43,45,46)/t36-,37+,39-/m0/s1. The van der Waals surface area contributed by atoms with Crippen LogP contribution in [0.4, 0.5) is 0 Å². The van der Waals surface area contributed by atoms with Crippen molar-refractivity contribution in [1.82, 2.24) is 5.32 Å². The Labute approximate surface area is 302 Å². The number of phosphoric ester groups is 1. The van der Waals surface area contributed by atoms with Crippen molar-refractivity contribution in [2.45, 2.75) is 200 Å². The van der Waals surface area contributed by atoms with Crippen LogP contribution in [-0.4, -0.2) is 79.8 Å². The Morgan fingerprint density at radius 1 is 0.694 bits per heavy atom. The second-order valence-electron chi connectivity index (χ2n) is 16.0. The van der Waals surface area contributed by atoms with Crippen molar-refractivity contribution in [3.8, 4) is 0 Å². The average Bonchev–Trinajstić information content (AvgIpc) is 3.02. The number of nitrogens with zero attached hydrogens (tertiary/aromatic N) is 1. The third kappa shape index (κ3) is 33.1. The van der Waals surface area contributed by atoms with E-state index in [0.717, 1.165) is 44.4 Å². The Hall–Kier alpha value is -0.540. The predicted molar refractivity (Wildman–Crippen MR) is 202 cm³/mol. The monoisotopic (exact) mass is 721 g/mol. The summed E-state index contributed by atoms with van der Waals surface area (Å²) < 4.78 is 23.1. The Morgan fingerprint density at radius 2 is 1.12 bits per heavy atom. The zero-order chi connectivity index (χ0) is 36.8. The van der Waals surface area contributed by atoms with Crippen LogP contribution in [-0.2, 0) is 18.4 Å². The molecule has 0 radical (unpaired) electrons. The third-order valence-electron chi connectivity index (χ3n) is 9.37. The lowest BCUT2D eigenvalue weighted by Gasteiger charge is -2.31. The van der Waals surface area contributed by atoms with Crippen molar-refractivity contribution in [2.24, 2.45) is 5.92 Å². The minimum absolute atomic E-state index is 0.0381. The van der Waals surface area contributed by atoms with Crippen LogP contribution in [0.2, 0.25) is 0 Å². The van der Waals surface area contributed by atoms with E-state index in [9.17, 15) is 24.5 Å². The fourth-order valence-corrected chi connectivity index (χ4v) is 6.75. The lowest BCUT2D eigenvalue weighted by atomic mass is 9.99. The van der Waals surface area contributed by atoms with E-state index in [4.69, 9.17) is 9.05 Å². The first-order valence-corrected chi connectivity index (χ1v) is 21.8. The van der Waals surface area contributed by atoms with Crippen LogP contribution < -0.4 is 10.2 Å². The van der Waals surface area contributed by atoms with E-state index in [1.807, 2.05) is 21.1 Å². The van der Waals surface area contributed by atoms with Gasteiger partial charge in [-0.15, -0.1) is 0 Å². The highest BCUT2D eigenvalue weighted by Gasteiger charge is 2.29. The molecule has 49 heavy (non-hydrogen) atoms. The molecular weight excluding hydrogens is 639 g/mol. The SMILES string of the molecule is CCCCCCCCCCCCCCCCC(=O)N[C@@H](COP(=O)([O-])OCC[N+](C)(C)C)[C@H](O)[C@H](O)CCCCCCCCCCC(C)C. The molecule has 9 nitrogen and oxygen atoms in total. The van der Waals surface area contributed by atoms with Crippen molar-refractivity contribution in [3.05, 3.63) is 0 Å². The molecule has 4 atom stereocenters. The van der Waals surface area contributed by atoms with E-state index in [-0.39, 0.29) is 18.9 Å². The topological polar surface area (TPSA) is 128 Å². The number of quaternary nitrogens is 1. The van der Waals surface area contributed by atoms with Gasteiger partial charge in [-0.25, -0.2) is 0 Å². The number of hydrogen-bond donors (Lipinski definition) is 3. The Balaban J connectivity index is 4.56. The summed E-state index contributed by atoms with van der Waals surface area (Å²) in [6.45, 7) is 6.72.